The van der Waals surface area contributed by atoms with E-state index in [0.29, 0.717) is 17.3 Å². The molecule has 0 radical (unpaired) electrons. The molecule has 1 heterocycles. The summed E-state index contributed by atoms with van der Waals surface area (Å²) in [4.78, 5) is 37.7. The van der Waals surface area contributed by atoms with Crippen molar-refractivity contribution in [2.75, 3.05) is 6.61 Å². The number of ether oxygens (including phenoxy) is 1. The van der Waals surface area contributed by atoms with E-state index < -0.39 is 24.0 Å². The Labute approximate surface area is 181 Å². The summed E-state index contributed by atoms with van der Waals surface area (Å²) in [5, 5.41) is 17.0. The monoisotopic (exact) mass is 424 g/mol. The molecular formula is C23H28N4O4. The highest BCUT2D eigenvalue weighted by atomic mass is 16.5. The minimum Gasteiger partial charge on any atom is -0.451 e. The van der Waals surface area contributed by atoms with E-state index in [0.717, 1.165) is 38.5 Å². The lowest BCUT2D eigenvalue weighted by Gasteiger charge is -2.22. The summed E-state index contributed by atoms with van der Waals surface area (Å²) >= 11 is 0. The number of carbonyl (C=O) groups is 2. The van der Waals surface area contributed by atoms with Crippen LogP contribution in [0.25, 0.3) is 10.8 Å². The molecule has 0 aliphatic heterocycles. The summed E-state index contributed by atoms with van der Waals surface area (Å²) in [6.45, 7) is 3.67. The molecule has 0 saturated heterocycles. The van der Waals surface area contributed by atoms with Crippen LogP contribution < -0.4 is 10.9 Å². The van der Waals surface area contributed by atoms with E-state index in [1.807, 2.05) is 0 Å². The summed E-state index contributed by atoms with van der Waals surface area (Å²) in [5.41, 5.74) is -1.21. The summed E-state index contributed by atoms with van der Waals surface area (Å²) in [7, 11) is 0. The van der Waals surface area contributed by atoms with Crippen molar-refractivity contribution in [1.82, 2.24) is 15.1 Å². The summed E-state index contributed by atoms with van der Waals surface area (Å²) < 4.78 is 6.49. The van der Waals surface area contributed by atoms with Crippen LogP contribution in [0.3, 0.4) is 0 Å². The molecule has 0 spiro atoms. The van der Waals surface area contributed by atoms with Crippen molar-refractivity contribution in [2.24, 2.45) is 5.92 Å². The van der Waals surface area contributed by atoms with E-state index in [4.69, 9.17) is 4.74 Å². The Kier molecular flexibility index (Phi) is 7.06. The SMILES string of the molecule is CCCCCCn1nc(C(=O)OCC(=O)N[C@@](C)(C#N)C2CC2)c2ccccc2c1=O. The average Bonchev–Trinajstić information content (AvgIpc) is 3.62. The first kappa shape index (κ1) is 22.5. The number of hydrogen-bond donors (Lipinski definition) is 1. The molecule has 8 heteroatoms. The highest BCUT2D eigenvalue weighted by molar-refractivity contribution is 6.02. The average molecular weight is 425 g/mol. The first-order valence-corrected chi connectivity index (χ1v) is 10.8. The van der Waals surface area contributed by atoms with Crippen LogP contribution in [0.15, 0.2) is 29.1 Å². The third-order valence-electron chi connectivity index (χ3n) is 5.64. The van der Waals surface area contributed by atoms with Crippen LogP contribution in [0.2, 0.25) is 0 Å². The van der Waals surface area contributed by atoms with Crippen molar-refractivity contribution >= 4 is 22.6 Å². The highest BCUT2D eigenvalue weighted by Gasteiger charge is 2.43. The number of esters is 1. The lowest BCUT2D eigenvalue weighted by molar-refractivity contribution is -0.125. The second-order valence-corrected chi connectivity index (χ2v) is 8.20. The van der Waals surface area contributed by atoms with Gasteiger partial charge in [-0.25, -0.2) is 9.48 Å². The molecule has 1 fully saturated rings. The summed E-state index contributed by atoms with van der Waals surface area (Å²) in [6.07, 6.45) is 5.67. The first-order chi connectivity index (χ1) is 14.9. The zero-order valence-electron chi connectivity index (χ0n) is 18.0. The fourth-order valence-electron chi connectivity index (χ4n) is 3.63. The van der Waals surface area contributed by atoms with E-state index in [2.05, 4.69) is 23.4 Å². The van der Waals surface area contributed by atoms with E-state index >= 15 is 0 Å². The van der Waals surface area contributed by atoms with Gasteiger partial charge in [-0.3, -0.25) is 9.59 Å². The van der Waals surface area contributed by atoms with Crippen LogP contribution in [0.1, 0.15) is 62.9 Å². The van der Waals surface area contributed by atoms with Crippen LogP contribution in [-0.4, -0.2) is 33.8 Å². The van der Waals surface area contributed by atoms with Gasteiger partial charge in [-0.05, 0) is 38.2 Å². The standard InChI is InChI=1S/C23H28N4O4/c1-3-4-5-8-13-27-21(29)18-10-7-6-9-17(18)20(26-27)22(30)31-14-19(28)25-23(2,15-24)16-11-12-16/h6-7,9-10,16H,3-5,8,11-14H2,1-2H3,(H,25,28)/t23-/m0/s1. The maximum Gasteiger partial charge on any atom is 0.359 e. The Bertz CT molecular complexity index is 1070. The van der Waals surface area contributed by atoms with Gasteiger partial charge in [0.2, 0.25) is 0 Å². The molecular weight excluding hydrogens is 396 g/mol. The number of aromatic nitrogens is 2. The van der Waals surface area contributed by atoms with Gasteiger partial charge in [0.25, 0.3) is 11.5 Å². The van der Waals surface area contributed by atoms with Gasteiger partial charge in [0.15, 0.2) is 12.3 Å². The van der Waals surface area contributed by atoms with E-state index in [-0.39, 0.29) is 17.2 Å². The zero-order chi connectivity index (χ0) is 22.4. The highest BCUT2D eigenvalue weighted by Crippen LogP contribution is 2.39. The molecule has 1 aliphatic carbocycles. The Morgan fingerprint density at radius 2 is 1.97 bits per heavy atom. The van der Waals surface area contributed by atoms with Gasteiger partial charge in [-0.1, -0.05) is 44.4 Å². The largest absolute Gasteiger partial charge is 0.451 e. The van der Waals surface area contributed by atoms with Gasteiger partial charge < -0.3 is 10.1 Å². The molecule has 8 nitrogen and oxygen atoms in total. The Hall–Kier alpha value is -3.21. The number of nitrogens with zero attached hydrogens (tertiary/aromatic N) is 3. The fraction of sp³-hybridized carbons (Fsp3) is 0.522. The molecule has 0 unspecified atom stereocenters. The fourth-order valence-corrected chi connectivity index (χ4v) is 3.63. The van der Waals surface area contributed by atoms with Gasteiger partial charge >= 0.3 is 5.97 Å². The Morgan fingerprint density at radius 1 is 1.26 bits per heavy atom. The predicted octanol–water partition coefficient (Wildman–Crippen LogP) is 2.94. The van der Waals surface area contributed by atoms with Crippen molar-refractivity contribution in [3.05, 3.63) is 40.3 Å². The maximum absolute atomic E-state index is 12.7. The molecule has 0 bridgehead atoms. The predicted molar refractivity (Wildman–Crippen MR) is 115 cm³/mol. The number of rotatable bonds is 10. The van der Waals surface area contributed by atoms with Crippen LogP contribution in [0, 0.1) is 17.2 Å². The number of nitriles is 1. The lowest BCUT2D eigenvalue weighted by Crippen LogP contribution is -2.48. The van der Waals surface area contributed by atoms with E-state index in [9.17, 15) is 19.6 Å². The smallest absolute Gasteiger partial charge is 0.359 e. The number of carbonyl (C=O) groups excluding carboxylic acids is 2. The van der Waals surface area contributed by atoms with Gasteiger partial charge in [-0.15, -0.1) is 0 Å². The van der Waals surface area contributed by atoms with Gasteiger partial charge in [-0.2, -0.15) is 10.4 Å². The maximum atomic E-state index is 12.7. The second-order valence-electron chi connectivity index (χ2n) is 8.20. The topological polar surface area (TPSA) is 114 Å². The summed E-state index contributed by atoms with van der Waals surface area (Å²) in [6, 6.07) is 8.87. The molecule has 1 atom stereocenters. The van der Waals surface area contributed by atoms with Crippen molar-refractivity contribution in [3.63, 3.8) is 0 Å². The number of fused-ring (bicyclic) bond motifs is 1. The summed E-state index contributed by atoms with van der Waals surface area (Å²) in [5.74, 6) is -1.20. The van der Waals surface area contributed by atoms with Gasteiger partial charge in [0, 0.05) is 11.9 Å². The minimum absolute atomic E-state index is 0.00345. The number of hydrogen-bond acceptors (Lipinski definition) is 6. The molecule has 1 saturated carbocycles. The molecule has 1 aliphatic rings. The zero-order valence-corrected chi connectivity index (χ0v) is 18.0. The quantitative estimate of drug-likeness (QED) is 0.463. The van der Waals surface area contributed by atoms with Crippen LogP contribution in [0.5, 0.6) is 0 Å². The van der Waals surface area contributed by atoms with Crippen molar-refractivity contribution in [1.29, 1.82) is 5.26 Å². The van der Waals surface area contributed by atoms with Crippen molar-refractivity contribution < 1.29 is 14.3 Å². The number of benzene rings is 1. The normalized spacial score (nSPS) is 15.1. The second kappa shape index (κ2) is 9.73. The number of unbranched alkanes of at least 4 members (excludes halogenated alkanes) is 3. The molecule has 1 aromatic heterocycles. The minimum atomic E-state index is -0.958. The van der Waals surface area contributed by atoms with Crippen molar-refractivity contribution in [3.8, 4) is 6.07 Å². The number of nitrogens with one attached hydrogen (secondary N) is 1. The van der Waals surface area contributed by atoms with Crippen LogP contribution in [0.4, 0.5) is 0 Å². The molecule has 164 valence electrons. The van der Waals surface area contributed by atoms with Gasteiger partial charge in [0.1, 0.15) is 5.54 Å². The number of aryl methyl sites for hydroxylation is 1. The van der Waals surface area contributed by atoms with E-state index in [1.54, 1.807) is 31.2 Å². The van der Waals surface area contributed by atoms with Gasteiger partial charge in [0.05, 0.1) is 11.5 Å². The third-order valence-corrected chi connectivity index (χ3v) is 5.64. The van der Waals surface area contributed by atoms with Crippen LogP contribution >= 0.6 is 0 Å². The van der Waals surface area contributed by atoms with Crippen LogP contribution in [-0.2, 0) is 16.1 Å². The Morgan fingerprint density at radius 3 is 2.61 bits per heavy atom. The first-order valence-electron chi connectivity index (χ1n) is 10.8. The Balaban J connectivity index is 1.75. The molecule has 1 N–H and O–H groups in total. The number of amides is 1. The third kappa shape index (κ3) is 5.29. The lowest BCUT2D eigenvalue weighted by atomic mass is 9.98. The molecule has 31 heavy (non-hydrogen) atoms. The molecule has 3 rings (SSSR count). The molecule has 1 aromatic carbocycles. The molecule has 1 amide bonds. The molecule has 2 aromatic rings. The van der Waals surface area contributed by atoms with E-state index in [1.165, 1.54) is 4.68 Å². The van der Waals surface area contributed by atoms with Crippen molar-refractivity contribution in [2.45, 2.75) is 64.5 Å².